The highest BCUT2D eigenvalue weighted by atomic mass is 35.5. The second-order valence-corrected chi connectivity index (χ2v) is 12.0. The van der Waals surface area contributed by atoms with Crippen LogP contribution in [0.15, 0.2) is 59.0 Å². The van der Waals surface area contributed by atoms with Crippen LogP contribution in [0.5, 0.6) is 5.75 Å². The van der Waals surface area contributed by atoms with E-state index in [2.05, 4.69) is 37.2 Å². The van der Waals surface area contributed by atoms with Crippen molar-refractivity contribution in [2.24, 2.45) is 7.05 Å². The van der Waals surface area contributed by atoms with Crippen LogP contribution >= 0.6 is 23.4 Å². The maximum Gasteiger partial charge on any atom is 0.172 e. The highest BCUT2D eigenvalue weighted by molar-refractivity contribution is 7.99. The van der Waals surface area contributed by atoms with Crippen LogP contribution in [0.1, 0.15) is 24.8 Å². The Kier molecular flexibility index (Phi) is 9.01. The Morgan fingerprint density at radius 3 is 2.67 bits per heavy atom. The topological polar surface area (TPSA) is 91.5 Å². The number of benzene rings is 2. The van der Waals surface area contributed by atoms with E-state index >= 15 is 0 Å². The van der Waals surface area contributed by atoms with Crippen LogP contribution in [-0.4, -0.2) is 72.0 Å². The predicted molar refractivity (Wildman–Crippen MR) is 167 cm³/mol. The van der Waals surface area contributed by atoms with Crippen LogP contribution in [0.2, 0.25) is 5.02 Å². The third kappa shape index (κ3) is 6.45. The number of nitriles is 1. The van der Waals surface area contributed by atoms with Gasteiger partial charge < -0.3 is 24.3 Å². The largest absolute Gasteiger partial charge is 0.490 e. The molecule has 1 N–H and O–H groups in total. The van der Waals surface area contributed by atoms with Crippen molar-refractivity contribution in [2.75, 3.05) is 62.8 Å². The summed E-state index contributed by atoms with van der Waals surface area (Å²) in [5, 5.41) is 15.8. The lowest BCUT2D eigenvalue weighted by Gasteiger charge is -2.31. The van der Waals surface area contributed by atoms with Gasteiger partial charge in [0.1, 0.15) is 18.4 Å². The van der Waals surface area contributed by atoms with E-state index in [1.54, 1.807) is 12.4 Å². The van der Waals surface area contributed by atoms with Crippen molar-refractivity contribution in [3.05, 3.63) is 59.5 Å². The Balaban J connectivity index is 1.31. The van der Waals surface area contributed by atoms with Crippen LogP contribution in [0, 0.1) is 11.3 Å². The summed E-state index contributed by atoms with van der Waals surface area (Å²) >= 11 is 8.20. The van der Waals surface area contributed by atoms with Gasteiger partial charge in [0.25, 0.3) is 0 Å². The maximum absolute atomic E-state index is 10.0. The fourth-order valence-electron chi connectivity index (χ4n) is 5.39. The Morgan fingerprint density at radius 2 is 1.93 bits per heavy atom. The summed E-state index contributed by atoms with van der Waals surface area (Å²) in [6.07, 6.45) is 8.87. The molecular formula is C31H34ClN7O2S. The number of nitrogens with zero attached hydrogens (tertiary/aromatic N) is 6. The molecule has 4 heterocycles. The van der Waals surface area contributed by atoms with Crippen molar-refractivity contribution in [1.82, 2.24) is 19.4 Å². The molecule has 2 aliphatic heterocycles. The monoisotopic (exact) mass is 603 g/mol. The van der Waals surface area contributed by atoms with Gasteiger partial charge in [-0.05, 0) is 49.6 Å². The van der Waals surface area contributed by atoms with Crippen LogP contribution in [0.25, 0.3) is 10.9 Å². The summed E-state index contributed by atoms with van der Waals surface area (Å²) < 4.78 is 13.9. The predicted octanol–water partition coefficient (Wildman–Crippen LogP) is 6.09. The van der Waals surface area contributed by atoms with Crippen molar-refractivity contribution in [2.45, 2.75) is 29.3 Å². The fourth-order valence-corrected chi connectivity index (χ4v) is 6.49. The Morgan fingerprint density at radius 1 is 1.10 bits per heavy atom. The minimum Gasteiger partial charge on any atom is -0.490 e. The molecule has 42 heavy (non-hydrogen) atoms. The number of fused-ring (bicyclic) bond motifs is 1. The molecule has 2 aliphatic rings. The van der Waals surface area contributed by atoms with Crippen LogP contribution in [0.4, 0.5) is 17.1 Å². The van der Waals surface area contributed by atoms with Gasteiger partial charge in [-0.3, -0.25) is 9.88 Å². The number of pyridine rings is 1. The standard InChI is InChI=1S/C31H34ClN7O2S/c1-37-10-7-34-31(37)42-29-6-5-23(17-25(29)32)36-30-22(20-33)21-35-26-19-27(39-8-3-2-4-9-39)28(18-24(26)30)41-16-13-38-11-14-40-15-12-38/h5-7,10,17-19,21H,2-4,8-9,11-16H2,1H3,(H,35,36). The lowest BCUT2D eigenvalue weighted by atomic mass is 10.1. The van der Waals surface area contributed by atoms with Crippen molar-refractivity contribution in [3.63, 3.8) is 0 Å². The first kappa shape index (κ1) is 28.6. The molecule has 4 aromatic rings. The first-order valence-electron chi connectivity index (χ1n) is 14.4. The summed E-state index contributed by atoms with van der Waals surface area (Å²) in [7, 11) is 1.95. The normalized spacial score (nSPS) is 16.0. The molecule has 0 bridgehead atoms. The number of hydrogen-bond donors (Lipinski definition) is 1. The zero-order chi connectivity index (χ0) is 28.9. The summed E-state index contributed by atoms with van der Waals surface area (Å²) in [5.41, 5.74) is 3.79. The number of rotatable bonds is 9. The van der Waals surface area contributed by atoms with E-state index in [0.717, 1.165) is 96.9 Å². The smallest absolute Gasteiger partial charge is 0.172 e. The number of piperidine rings is 1. The maximum atomic E-state index is 10.0. The van der Waals surface area contributed by atoms with Gasteiger partial charge in [0, 0.05) is 74.3 Å². The number of aryl methyl sites for hydroxylation is 1. The molecule has 2 aromatic carbocycles. The van der Waals surface area contributed by atoms with E-state index in [9.17, 15) is 5.26 Å². The molecule has 2 fully saturated rings. The zero-order valence-electron chi connectivity index (χ0n) is 23.7. The second-order valence-electron chi connectivity index (χ2n) is 10.5. The number of nitrogens with one attached hydrogen (secondary N) is 1. The molecule has 11 heteroatoms. The third-order valence-corrected chi connectivity index (χ3v) is 9.29. The molecule has 0 saturated carbocycles. The molecule has 0 aliphatic carbocycles. The summed E-state index contributed by atoms with van der Waals surface area (Å²) in [6.45, 7) is 6.77. The highest BCUT2D eigenvalue weighted by Crippen LogP contribution is 2.40. The van der Waals surface area contributed by atoms with Gasteiger partial charge in [0.05, 0.1) is 40.7 Å². The van der Waals surface area contributed by atoms with E-state index in [1.807, 2.05) is 42.1 Å². The minimum absolute atomic E-state index is 0.454. The molecule has 0 amide bonds. The second kappa shape index (κ2) is 13.2. The number of hydrogen-bond acceptors (Lipinski definition) is 9. The molecule has 6 rings (SSSR count). The molecule has 2 saturated heterocycles. The number of halogens is 1. The van der Waals surface area contributed by atoms with Crippen molar-refractivity contribution in [3.8, 4) is 11.8 Å². The highest BCUT2D eigenvalue weighted by Gasteiger charge is 2.20. The van der Waals surface area contributed by atoms with Crippen LogP contribution < -0.4 is 15.0 Å². The molecule has 0 atom stereocenters. The Labute approximate surface area is 255 Å². The quantitative estimate of drug-likeness (QED) is 0.244. The summed E-state index contributed by atoms with van der Waals surface area (Å²) in [6, 6.07) is 12.3. The van der Waals surface area contributed by atoms with Crippen LogP contribution in [0.3, 0.4) is 0 Å². The van der Waals surface area contributed by atoms with E-state index in [1.165, 1.54) is 18.2 Å². The van der Waals surface area contributed by atoms with E-state index in [4.69, 9.17) is 21.1 Å². The SMILES string of the molecule is Cn1ccnc1Sc1ccc(Nc2c(C#N)cnc3cc(N4CCCCC4)c(OCCN4CCOCC4)cc23)cc1Cl. The molecule has 2 aromatic heterocycles. The van der Waals surface area contributed by atoms with Gasteiger partial charge in [-0.1, -0.05) is 23.4 Å². The Bertz CT molecular complexity index is 1590. The van der Waals surface area contributed by atoms with Gasteiger partial charge in [0.15, 0.2) is 5.16 Å². The van der Waals surface area contributed by atoms with Gasteiger partial charge >= 0.3 is 0 Å². The number of aromatic nitrogens is 3. The number of ether oxygens (including phenoxy) is 2. The van der Waals surface area contributed by atoms with Crippen molar-refractivity contribution in [1.29, 1.82) is 5.26 Å². The fraction of sp³-hybridized carbons (Fsp3) is 0.387. The van der Waals surface area contributed by atoms with Crippen LogP contribution in [-0.2, 0) is 11.8 Å². The summed E-state index contributed by atoms with van der Waals surface area (Å²) in [5.74, 6) is 0.817. The lowest BCUT2D eigenvalue weighted by molar-refractivity contribution is 0.0323. The van der Waals surface area contributed by atoms with Crippen molar-refractivity contribution >= 4 is 51.3 Å². The molecule has 0 radical (unpaired) electrons. The van der Waals surface area contributed by atoms with Gasteiger partial charge in [-0.2, -0.15) is 5.26 Å². The molecule has 218 valence electrons. The zero-order valence-corrected chi connectivity index (χ0v) is 25.3. The van der Waals surface area contributed by atoms with Gasteiger partial charge in [-0.15, -0.1) is 0 Å². The Hall–Kier alpha value is -3.49. The minimum atomic E-state index is 0.454. The first-order valence-corrected chi connectivity index (χ1v) is 15.5. The lowest BCUT2D eigenvalue weighted by Crippen LogP contribution is -2.38. The summed E-state index contributed by atoms with van der Waals surface area (Å²) in [4.78, 5) is 14.7. The van der Waals surface area contributed by atoms with Gasteiger partial charge in [-0.25, -0.2) is 4.98 Å². The molecular weight excluding hydrogens is 570 g/mol. The molecule has 9 nitrogen and oxygen atoms in total. The number of anilines is 3. The third-order valence-electron chi connectivity index (χ3n) is 7.71. The first-order chi connectivity index (χ1) is 20.6. The number of imidazole rings is 1. The molecule has 0 spiro atoms. The van der Waals surface area contributed by atoms with E-state index < -0.39 is 0 Å². The average molecular weight is 604 g/mol. The van der Waals surface area contributed by atoms with E-state index in [0.29, 0.717) is 22.9 Å². The van der Waals surface area contributed by atoms with Crippen molar-refractivity contribution < 1.29 is 9.47 Å². The molecule has 0 unspecified atom stereocenters. The average Bonchev–Trinajstić information content (AvgIpc) is 3.43. The van der Waals surface area contributed by atoms with E-state index in [-0.39, 0.29) is 0 Å². The van der Waals surface area contributed by atoms with Gasteiger partial charge in [0.2, 0.25) is 0 Å². The number of morpholine rings is 1.